The minimum absolute atomic E-state index is 0.0595. The van der Waals surface area contributed by atoms with Crippen LogP contribution in [0.3, 0.4) is 0 Å². The molecule has 70 valence electrons. The van der Waals surface area contributed by atoms with Gasteiger partial charge in [0.05, 0.1) is 6.61 Å². The SMILES string of the molecule is CC(=O)c1cccc(OCCBr)c1. The summed E-state index contributed by atoms with van der Waals surface area (Å²) in [6, 6.07) is 7.20. The summed E-state index contributed by atoms with van der Waals surface area (Å²) in [6.07, 6.45) is 0. The highest BCUT2D eigenvalue weighted by molar-refractivity contribution is 9.09. The van der Waals surface area contributed by atoms with Crippen LogP contribution in [0.5, 0.6) is 5.75 Å². The Bertz CT molecular complexity index is 297. The van der Waals surface area contributed by atoms with E-state index in [1.54, 1.807) is 19.1 Å². The van der Waals surface area contributed by atoms with Crippen molar-refractivity contribution in [3.05, 3.63) is 29.8 Å². The highest BCUT2D eigenvalue weighted by atomic mass is 79.9. The Labute approximate surface area is 86.0 Å². The first-order chi connectivity index (χ1) is 6.24. The first-order valence-corrected chi connectivity index (χ1v) is 5.16. The maximum atomic E-state index is 11.0. The maximum absolute atomic E-state index is 11.0. The summed E-state index contributed by atoms with van der Waals surface area (Å²) in [7, 11) is 0. The molecular formula is C10H11BrO2. The summed E-state index contributed by atoms with van der Waals surface area (Å²) in [6.45, 7) is 2.16. The van der Waals surface area contributed by atoms with Gasteiger partial charge < -0.3 is 4.74 Å². The van der Waals surface area contributed by atoms with Crippen LogP contribution in [0.25, 0.3) is 0 Å². The number of Topliss-reactive ketones (excluding diaryl/α,β-unsaturated/α-hetero) is 1. The number of hydrogen-bond acceptors (Lipinski definition) is 2. The van der Waals surface area contributed by atoms with Gasteiger partial charge in [0.1, 0.15) is 5.75 Å². The van der Waals surface area contributed by atoms with Gasteiger partial charge in [-0.1, -0.05) is 28.1 Å². The predicted molar refractivity (Wildman–Crippen MR) is 55.7 cm³/mol. The van der Waals surface area contributed by atoms with E-state index in [4.69, 9.17) is 4.74 Å². The molecular weight excluding hydrogens is 232 g/mol. The van der Waals surface area contributed by atoms with Crippen molar-refractivity contribution in [3.63, 3.8) is 0 Å². The topological polar surface area (TPSA) is 26.3 Å². The number of carbonyl (C=O) groups excluding carboxylic acids is 1. The molecule has 0 saturated heterocycles. The lowest BCUT2D eigenvalue weighted by Crippen LogP contribution is -1.99. The first-order valence-electron chi connectivity index (χ1n) is 4.04. The fraction of sp³-hybridized carbons (Fsp3) is 0.300. The summed E-state index contributed by atoms with van der Waals surface area (Å²) in [4.78, 5) is 11.0. The summed E-state index contributed by atoms with van der Waals surface area (Å²) in [5.74, 6) is 0.802. The first kappa shape index (κ1) is 10.3. The van der Waals surface area contributed by atoms with Crippen molar-refractivity contribution in [2.75, 3.05) is 11.9 Å². The van der Waals surface area contributed by atoms with Gasteiger partial charge in [0.15, 0.2) is 5.78 Å². The van der Waals surface area contributed by atoms with Crippen molar-refractivity contribution in [1.82, 2.24) is 0 Å². The van der Waals surface area contributed by atoms with E-state index in [1.807, 2.05) is 12.1 Å². The van der Waals surface area contributed by atoms with Gasteiger partial charge in [-0.25, -0.2) is 0 Å². The lowest BCUT2D eigenvalue weighted by Gasteiger charge is -2.04. The second-order valence-corrected chi connectivity index (χ2v) is 3.41. The number of benzene rings is 1. The van der Waals surface area contributed by atoms with Crippen molar-refractivity contribution in [1.29, 1.82) is 0 Å². The van der Waals surface area contributed by atoms with Gasteiger partial charge in [0.2, 0.25) is 0 Å². The highest BCUT2D eigenvalue weighted by Crippen LogP contribution is 2.13. The van der Waals surface area contributed by atoms with Gasteiger partial charge in [0, 0.05) is 10.9 Å². The number of rotatable bonds is 4. The van der Waals surface area contributed by atoms with Crippen LogP contribution in [0.4, 0.5) is 0 Å². The standard InChI is InChI=1S/C10H11BrO2/c1-8(12)9-3-2-4-10(7-9)13-6-5-11/h2-4,7H,5-6H2,1H3. The third kappa shape index (κ3) is 3.19. The molecule has 0 spiro atoms. The zero-order valence-corrected chi connectivity index (χ0v) is 9.00. The molecule has 0 heterocycles. The Balaban J connectivity index is 2.73. The van der Waals surface area contributed by atoms with Crippen molar-refractivity contribution < 1.29 is 9.53 Å². The molecule has 0 amide bonds. The Morgan fingerprint density at radius 3 is 2.92 bits per heavy atom. The monoisotopic (exact) mass is 242 g/mol. The Morgan fingerprint density at radius 2 is 2.31 bits per heavy atom. The van der Waals surface area contributed by atoms with E-state index in [1.165, 1.54) is 0 Å². The van der Waals surface area contributed by atoms with Crippen molar-refractivity contribution in [2.24, 2.45) is 0 Å². The summed E-state index contributed by atoms with van der Waals surface area (Å²) < 4.78 is 5.35. The van der Waals surface area contributed by atoms with Gasteiger partial charge in [-0.05, 0) is 19.1 Å². The normalized spacial score (nSPS) is 9.69. The number of hydrogen-bond donors (Lipinski definition) is 0. The van der Waals surface area contributed by atoms with Crippen LogP contribution in [-0.2, 0) is 0 Å². The second kappa shape index (κ2) is 5.02. The Morgan fingerprint density at radius 1 is 1.54 bits per heavy atom. The molecule has 0 saturated carbocycles. The van der Waals surface area contributed by atoms with E-state index in [9.17, 15) is 4.79 Å². The minimum Gasteiger partial charge on any atom is -0.493 e. The van der Waals surface area contributed by atoms with Crippen LogP contribution >= 0.6 is 15.9 Å². The van der Waals surface area contributed by atoms with Crippen LogP contribution in [0.2, 0.25) is 0 Å². The summed E-state index contributed by atoms with van der Waals surface area (Å²) in [5.41, 5.74) is 0.687. The molecule has 0 bridgehead atoms. The summed E-state index contributed by atoms with van der Waals surface area (Å²) >= 11 is 3.26. The lowest BCUT2D eigenvalue weighted by atomic mass is 10.1. The predicted octanol–water partition coefficient (Wildman–Crippen LogP) is 2.66. The quantitative estimate of drug-likeness (QED) is 0.600. The largest absolute Gasteiger partial charge is 0.493 e. The molecule has 3 heteroatoms. The van der Waals surface area contributed by atoms with Gasteiger partial charge in [-0.2, -0.15) is 0 Å². The molecule has 0 unspecified atom stereocenters. The van der Waals surface area contributed by atoms with Crippen molar-refractivity contribution in [3.8, 4) is 5.75 Å². The summed E-state index contributed by atoms with van der Waals surface area (Å²) in [5, 5.41) is 0.789. The third-order valence-corrected chi connectivity index (χ3v) is 1.91. The van der Waals surface area contributed by atoms with Crippen LogP contribution in [0.15, 0.2) is 24.3 Å². The fourth-order valence-corrected chi connectivity index (χ4v) is 1.12. The van der Waals surface area contributed by atoms with E-state index in [2.05, 4.69) is 15.9 Å². The highest BCUT2D eigenvalue weighted by Gasteiger charge is 2.00. The molecule has 0 radical (unpaired) electrons. The number of halogens is 1. The average molecular weight is 243 g/mol. The van der Waals surface area contributed by atoms with E-state index >= 15 is 0 Å². The van der Waals surface area contributed by atoms with Gasteiger partial charge in [-0.15, -0.1) is 0 Å². The van der Waals surface area contributed by atoms with Crippen LogP contribution in [-0.4, -0.2) is 17.7 Å². The lowest BCUT2D eigenvalue weighted by molar-refractivity contribution is 0.101. The molecule has 0 N–H and O–H groups in total. The van der Waals surface area contributed by atoms with Gasteiger partial charge >= 0.3 is 0 Å². The third-order valence-electron chi connectivity index (χ3n) is 1.59. The number of carbonyl (C=O) groups is 1. The van der Waals surface area contributed by atoms with Gasteiger partial charge in [-0.3, -0.25) is 4.79 Å². The van der Waals surface area contributed by atoms with E-state index in [-0.39, 0.29) is 5.78 Å². The molecule has 0 aliphatic heterocycles. The Kier molecular flexibility index (Phi) is 3.96. The maximum Gasteiger partial charge on any atom is 0.159 e. The van der Waals surface area contributed by atoms with Crippen molar-refractivity contribution in [2.45, 2.75) is 6.92 Å². The second-order valence-electron chi connectivity index (χ2n) is 2.62. The fourth-order valence-electron chi connectivity index (χ4n) is 0.961. The molecule has 0 aliphatic carbocycles. The van der Waals surface area contributed by atoms with E-state index < -0.39 is 0 Å². The molecule has 0 aliphatic rings. The van der Waals surface area contributed by atoms with Gasteiger partial charge in [0.25, 0.3) is 0 Å². The average Bonchev–Trinajstić information content (AvgIpc) is 2.15. The molecule has 1 rings (SSSR count). The molecule has 0 aromatic heterocycles. The van der Waals surface area contributed by atoms with E-state index in [0.29, 0.717) is 12.2 Å². The molecule has 13 heavy (non-hydrogen) atoms. The number of alkyl halides is 1. The Hall–Kier alpha value is -0.830. The van der Waals surface area contributed by atoms with Crippen LogP contribution in [0.1, 0.15) is 17.3 Å². The minimum atomic E-state index is 0.0595. The zero-order chi connectivity index (χ0) is 9.68. The molecule has 1 aromatic rings. The van der Waals surface area contributed by atoms with Crippen LogP contribution in [0, 0.1) is 0 Å². The van der Waals surface area contributed by atoms with Crippen molar-refractivity contribution >= 4 is 21.7 Å². The molecule has 0 atom stereocenters. The van der Waals surface area contributed by atoms with Crippen LogP contribution < -0.4 is 4.74 Å². The molecule has 1 aromatic carbocycles. The van der Waals surface area contributed by atoms with E-state index in [0.717, 1.165) is 11.1 Å². The number of ketones is 1. The molecule has 2 nitrogen and oxygen atoms in total. The smallest absolute Gasteiger partial charge is 0.159 e. The zero-order valence-electron chi connectivity index (χ0n) is 7.42. The number of ether oxygens (including phenoxy) is 1. The molecule has 0 fully saturated rings.